The van der Waals surface area contributed by atoms with Crippen LogP contribution in [0.25, 0.3) is 0 Å². The van der Waals surface area contributed by atoms with Gasteiger partial charge in [0.2, 0.25) is 7.59 Å². The van der Waals surface area contributed by atoms with Crippen molar-refractivity contribution in [2.75, 3.05) is 10.6 Å². The quantitative estimate of drug-likeness (QED) is 0.354. The molecule has 2 aromatic carbocycles. The number of thioether (sulfide) groups is 2. The van der Waals surface area contributed by atoms with Gasteiger partial charge in [-0.2, -0.15) is 0 Å². The minimum absolute atomic E-state index is 0.526. The van der Waals surface area contributed by atoms with Crippen molar-refractivity contribution >= 4 is 105 Å². The van der Waals surface area contributed by atoms with Gasteiger partial charge in [-0.1, -0.05) is 117 Å². The fourth-order valence-electron chi connectivity index (χ4n) is 2.27. The molecule has 2 atom stereocenters. The first-order chi connectivity index (χ1) is 12.1. The summed E-state index contributed by atoms with van der Waals surface area (Å²) >= 11 is 40.1. The molecule has 0 saturated carbocycles. The third-order valence-electron chi connectivity index (χ3n) is 3.43. The van der Waals surface area contributed by atoms with Gasteiger partial charge in [-0.25, -0.2) is 0 Å². The lowest BCUT2D eigenvalue weighted by Crippen LogP contribution is -2.33. The molecule has 2 unspecified atom stereocenters. The number of benzene rings is 2. The number of fused-ring (bicyclic) bond motifs is 2. The summed E-state index contributed by atoms with van der Waals surface area (Å²) < 4.78 is -3.08. The maximum atomic E-state index is 6.22. The maximum Gasteiger partial charge on any atom is 0.219 e. The lowest BCUT2D eigenvalue weighted by Gasteiger charge is -2.32. The van der Waals surface area contributed by atoms with E-state index in [0.717, 1.165) is 21.2 Å². The molecule has 1 aliphatic heterocycles. The number of halogens is 6. The minimum atomic E-state index is -1.54. The van der Waals surface area contributed by atoms with Crippen molar-refractivity contribution in [1.29, 1.82) is 0 Å². The Bertz CT molecular complexity index is 662. The van der Waals surface area contributed by atoms with Gasteiger partial charge in [-0.05, 0) is 24.3 Å². The fourth-order valence-corrected chi connectivity index (χ4v) is 5.37. The molecular formula is C16H12Cl6N2S2. The van der Waals surface area contributed by atoms with Gasteiger partial charge in [-0.15, -0.1) is 0 Å². The average molecular weight is 509 g/mol. The SMILES string of the molecule is ClC(Cl)(Cl)C1Nc2ccccc2SC(C(Cl)(Cl)Cl)Nc2ccccc2S1. The summed E-state index contributed by atoms with van der Waals surface area (Å²) in [4.78, 5) is 1.74. The first-order valence-corrected chi connectivity index (χ1v) is 11.4. The van der Waals surface area contributed by atoms with Crippen LogP contribution in [-0.4, -0.2) is 18.3 Å². The summed E-state index contributed by atoms with van der Waals surface area (Å²) in [5, 5.41) is 5.57. The highest BCUT2D eigenvalue weighted by Crippen LogP contribution is 2.48. The summed E-state index contributed by atoms with van der Waals surface area (Å²) in [6.45, 7) is 0. The largest absolute Gasteiger partial charge is 0.368 e. The van der Waals surface area contributed by atoms with E-state index in [-0.39, 0.29) is 0 Å². The van der Waals surface area contributed by atoms with E-state index in [1.54, 1.807) is 0 Å². The summed E-state index contributed by atoms with van der Waals surface area (Å²) in [5.74, 6) is 0. The maximum absolute atomic E-state index is 6.22. The predicted octanol–water partition coefficient (Wildman–Crippen LogP) is 7.80. The van der Waals surface area contributed by atoms with E-state index >= 15 is 0 Å². The molecule has 0 fully saturated rings. The highest BCUT2D eigenvalue weighted by molar-refractivity contribution is 8.01. The Hall–Kier alpha value is 0.480. The second-order valence-corrected chi connectivity index (χ2v) is 12.4. The molecule has 0 aromatic heterocycles. The first-order valence-electron chi connectivity index (χ1n) is 7.32. The molecule has 0 aliphatic carbocycles. The van der Waals surface area contributed by atoms with Crippen LogP contribution >= 0.6 is 93.1 Å². The third kappa shape index (κ3) is 5.30. The Morgan fingerprint density at radius 3 is 1.31 bits per heavy atom. The van der Waals surface area contributed by atoms with E-state index in [0.29, 0.717) is 0 Å². The fraction of sp³-hybridized carbons (Fsp3) is 0.250. The summed E-state index contributed by atoms with van der Waals surface area (Å²) in [5.41, 5.74) is 1.59. The van der Waals surface area contributed by atoms with Crippen molar-refractivity contribution in [2.24, 2.45) is 0 Å². The number of hydrogen-bond donors (Lipinski definition) is 2. The predicted molar refractivity (Wildman–Crippen MR) is 120 cm³/mol. The molecule has 0 spiro atoms. The normalized spacial score (nSPS) is 21.0. The summed E-state index contributed by atoms with van der Waals surface area (Å²) in [7, 11) is 0. The Morgan fingerprint density at radius 2 is 0.962 bits per heavy atom. The second-order valence-electron chi connectivity index (χ2n) is 5.36. The molecule has 1 heterocycles. The molecule has 3 rings (SSSR count). The van der Waals surface area contributed by atoms with Crippen molar-refractivity contribution in [1.82, 2.24) is 0 Å². The van der Waals surface area contributed by atoms with Gasteiger partial charge in [0.15, 0.2) is 0 Å². The zero-order chi connectivity index (χ0) is 18.9. The van der Waals surface area contributed by atoms with Crippen LogP contribution in [0.1, 0.15) is 0 Å². The van der Waals surface area contributed by atoms with Crippen LogP contribution in [-0.2, 0) is 0 Å². The molecule has 2 N–H and O–H groups in total. The van der Waals surface area contributed by atoms with Crippen LogP contribution in [0.4, 0.5) is 11.4 Å². The lowest BCUT2D eigenvalue weighted by atomic mass is 10.3. The molecule has 1 aliphatic rings. The molecule has 0 bridgehead atoms. The van der Waals surface area contributed by atoms with Gasteiger partial charge in [0.1, 0.15) is 10.7 Å². The van der Waals surface area contributed by atoms with E-state index < -0.39 is 18.3 Å². The number of hydrogen-bond acceptors (Lipinski definition) is 4. The number of nitrogens with one attached hydrogen (secondary N) is 2. The Labute approximate surface area is 190 Å². The smallest absolute Gasteiger partial charge is 0.219 e. The number of para-hydroxylation sites is 2. The van der Waals surface area contributed by atoms with E-state index in [9.17, 15) is 0 Å². The van der Waals surface area contributed by atoms with Crippen LogP contribution in [0.3, 0.4) is 0 Å². The van der Waals surface area contributed by atoms with Crippen molar-refractivity contribution in [3.8, 4) is 0 Å². The molecule has 0 saturated heterocycles. The van der Waals surface area contributed by atoms with Crippen LogP contribution in [0.15, 0.2) is 58.3 Å². The monoisotopic (exact) mass is 506 g/mol. The Kier molecular flexibility index (Phi) is 6.90. The van der Waals surface area contributed by atoms with E-state index in [1.807, 2.05) is 48.5 Å². The second kappa shape index (κ2) is 8.46. The minimum Gasteiger partial charge on any atom is -0.368 e. The van der Waals surface area contributed by atoms with Crippen molar-refractivity contribution in [3.05, 3.63) is 48.5 Å². The average Bonchev–Trinajstić information content (AvgIpc) is 2.55. The molecular weight excluding hydrogens is 497 g/mol. The Morgan fingerprint density at radius 1 is 0.615 bits per heavy atom. The molecule has 0 amide bonds. The number of anilines is 2. The first kappa shape index (κ1) is 21.2. The zero-order valence-corrected chi connectivity index (χ0v) is 19.0. The third-order valence-corrected chi connectivity index (χ3v) is 8.15. The van der Waals surface area contributed by atoms with E-state index in [1.165, 1.54) is 23.5 Å². The van der Waals surface area contributed by atoms with Crippen molar-refractivity contribution in [2.45, 2.75) is 28.1 Å². The summed E-state index contributed by atoms with van der Waals surface area (Å²) in [6, 6.07) is 15.2. The van der Waals surface area contributed by atoms with Gasteiger partial charge in [0.05, 0.1) is 0 Å². The molecule has 140 valence electrons. The van der Waals surface area contributed by atoms with Gasteiger partial charge in [0.25, 0.3) is 0 Å². The zero-order valence-electron chi connectivity index (χ0n) is 12.9. The van der Waals surface area contributed by atoms with E-state index in [4.69, 9.17) is 69.6 Å². The molecule has 2 nitrogen and oxygen atoms in total. The van der Waals surface area contributed by atoms with Gasteiger partial charge >= 0.3 is 0 Å². The van der Waals surface area contributed by atoms with Gasteiger partial charge < -0.3 is 10.6 Å². The van der Waals surface area contributed by atoms with Gasteiger partial charge in [0, 0.05) is 21.2 Å². The van der Waals surface area contributed by atoms with Crippen LogP contribution < -0.4 is 10.6 Å². The highest BCUT2D eigenvalue weighted by Gasteiger charge is 2.38. The molecule has 10 heteroatoms. The highest BCUT2D eigenvalue weighted by atomic mass is 35.6. The molecule has 26 heavy (non-hydrogen) atoms. The number of alkyl halides is 6. The van der Waals surface area contributed by atoms with Crippen molar-refractivity contribution < 1.29 is 0 Å². The van der Waals surface area contributed by atoms with Crippen LogP contribution in [0.2, 0.25) is 0 Å². The number of rotatable bonds is 0. The molecule has 0 radical (unpaired) electrons. The van der Waals surface area contributed by atoms with E-state index in [2.05, 4.69) is 10.6 Å². The summed E-state index contributed by atoms with van der Waals surface area (Å²) in [6.07, 6.45) is 0. The van der Waals surface area contributed by atoms with Crippen LogP contribution in [0, 0.1) is 0 Å². The van der Waals surface area contributed by atoms with Crippen LogP contribution in [0.5, 0.6) is 0 Å². The topological polar surface area (TPSA) is 24.1 Å². The van der Waals surface area contributed by atoms with Gasteiger partial charge in [-0.3, -0.25) is 0 Å². The van der Waals surface area contributed by atoms with Crippen molar-refractivity contribution in [3.63, 3.8) is 0 Å². The molecule has 2 aromatic rings. The lowest BCUT2D eigenvalue weighted by molar-refractivity contribution is 0.979. The Balaban J connectivity index is 2.09. The standard InChI is InChI=1S/C16H12Cl6N2S2/c17-15(18,19)13-23-9-5-1-3-7-11(9)25-14(16(20,21)22)24-10-6-2-4-8-12(10)26-13/h1-8,13-14,23-24H.